The van der Waals surface area contributed by atoms with Crippen LogP contribution in [0.15, 0.2) is 90.3 Å². The minimum Gasteiger partial charge on any atom is -0.481 e. The number of hydrazone groups is 1. The van der Waals surface area contributed by atoms with E-state index in [9.17, 15) is 4.79 Å². The Morgan fingerprint density at radius 2 is 1.83 bits per heavy atom. The number of rotatable bonds is 6. The van der Waals surface area contributed by atoms with Crippen LogP contribution in [0.4, 0.5) is 0 Å². The highest BCUT2D eigenvalue weighted by atomic mass is 16.5. The highest BCUT2D eigenvalue weighted by molar-refractivity contribution is 5.85. The molecular weight excluding hydrogens is 364 g/mol. The highest BCUT2D eigenvalue weighted by Gasteiger charge is 2.14. The smallest absolute Gasteiger partial charge is 0.280 e. The summed E-state index contributed by atoms with van der Waals surface area (Å²) in [4.78, 5) is 12.3. The summed E-state index contributed by atoms with van der Waals surface area (Å²) in [5.41, 5.74) is 4.23. The molecule has 4 aromatic rings. The van der Waals surface area contributed by atoms with E-state index in [4.69, 9.17) is 4.74 Å². The maximum atomic E-state index is 12.3. The first-order chi connectivity index (χ1) is 14.2. The first-order valence-corrected chi connectivity index (χ1v) is 9.27. The van der Waals surface area contributed by atoms with Gasteiger partial charge in [0.05, 0.1) is 18.1 Å². The van der Waals surface area contributed by atoms with Gasteiger partial charge in [-0.1, -0.05) is 48.5 Å². The fourth-order valence-electron chi connectivity index (χ4n) is 2.89. The summed E-state index contributed by atoms with van der Waals surface area (Å²) >= 11 is 0. The van der Waals surface area contributed by atoms with Crippen molar-refractivity contribution in [3.05, 3.63) is 90.8 Å². The van der Waals surface area contributed by atoms with E-state index in [1.54, 1.807) is 24.0 Å². The van der Waals surface area contributed by atoms with Gasteiger partial charge in [-0.15, -0.1) is 0 Å². The summed E-state index contributed by atoms with van der Waals surface area (Å²) in [5, 5.41) is 10.5. The van der Waals surface area contributed by atoms with E-state index in [0.717, 1.165) is 22.0 Å². The molecule has 0 fully saturated rings. The minimum absolute atomic E-state index is 0.329. The predicted molar refractivity (Wildman–Crippen MR) is 113 cm³/mol. The molecule has 3 aromatic carbocycles. The summed E-state index contributed by atoms with van der Waals surface area (Å²) in [5.74, 6) is 0.310. The third kappa shape index (κ3) is 4.50. The van der Waals surface area contributed by atoms with Crippen LogP contribution >= 0.6 is 0 Å². The summed E-state index contributed by atoms with van der Waals surface area (Å²) in [6.07, 6.45) is 4.38. The first-order valence-electron chi connectivity index (χ1n) is 9.27. The summed E-state index contributed by atoms with van der Waals surface area (Å²) in [7, 11) is 0. The molecule has 4 rings (SSSR count). The van der Waals surface area contributed by atoms with E-state index in [0.29, 0.717) is 5.75 Å². The molecule has 0 saturated carbocycles. The van der Waals surface area contributed by atoms with Crippen LogP contribution in [0, 0.1) is 0 Å². The summed E-state index contributed by atoms with van der Waals surface area (Å²) in [6.45, 7) is 1.69. The molecule has 0 bridgehead atoms. The van der Waals surface area contributed by atoms with Crippen LogP contribution in [-0.4, -0.2) is 28.0 Å². The van der Waals surface area contributed by atoms with Crippen molar-refractivity contribution in [2.45, 2.75) is 13.0 Å². The fourth-order valence-corrected chi connectivity index (χ4v) is 2.89. The maximum absolute atomic E-state index is 12.3. The molecule has 1 N–H and O–H groups in total. The first kappa shape index (κ1) is 18.4. The fraction of sp³-hybridized carbons (Fsp3) is 0.0870. The Kier molecular flexibility index (Phi) is 5.33. The van der Waals surface area contributed by atoms with Crippen LogP contribution in [0.5, 0.6) is 5.75 Å². The zero-order valence-corrected chi connectivity index (χ0v) is 15.9. The van der Waals surface area contributed by atoms with Crippen molar-refractivity contribution in [2.24, 2.45) is 5.10 Å². The van der Waals surface area contributed by atoms with Gasteiger partial charge in [-0.3, -0.25) is 4.79 Å². The van der Waals surface area contributed by atoms with Crippen LogP contribution in [0.25, 0.3) is 16.5 Å². The largest absolute Gasteiger partial charge is 0.481 e. The van der Waals surface area contributed by atoms with E-state index < -0.39 is 6.10 Å². The molecule has 1 atom stereocenters. The second kappa shape index (κ2) is 8.39. The number of hydrogen-bond acceptors (Lipinski definition) is 4. The van der Waals surface area contributed by atoms with Crippen molar-refractivity contribution in [3.8, 4) is 11.4 Å². The van der Waals surface area contributed by atoms with Crippen LogP contribution in [-0.2, 0) is 4.79 Å². The molecule has 0 radical (unpaired) electrons. The summed E-state index contributed by atoms with van der Waals surface area (Å²) < 4.78 is 7.49. The minimum atomic E-state index is -0.680. The zero-order valence-electron chi connectivity index (χ0n) is 15.9. The lowest BCUT2D eigenvalue weighted by molar-refractivity contribution is -0.127. The Labute approximate surface area is 168 Å². The van der Waals surface area contributed by atoms with Crippen LogP contribution < -0.4 is 10.2 Å². The molecule has 0 aliphatic heterocycles. The van der Waals surface area contributed by atoms with Gasteiger partial charge < -0.3 is 4.74 Å². The number of amides is 1. The second-order valence-electron chi connectivity index (χ2n) is 6.56. The Balaban J connectivity index is 1.34. The van der Waals surface area contributed by atoms with Crippen LogP contribution in [0.2, 0.25) is 0 Å². The van der Waals surface area contributed by atoms with Crippen molar-refractivity contribution in [1.29, 1.82) is 0 Å². The maximum Gasteiger partial charge on any atom is 0.280 e. The van der Waals surface area contributed by atoms with Crippen molar-refractivity contribution in [3.63, 3.8) is 0 Å². The molecule has 29 heavy (non-hydrogen) atoms. The van der Waals surface area contributed by atoms with Crippen molar-refractivity contribution >= 4 is 22.9 Å². The van der Waals surface area contributed by atoms with Crippen molar-refractivity contribution in [1.82, 2.24) is 15.2 Å². The third-order valence-corrected chi connectivity index (χ3v) is 4.41. The number of aromatic nitrogens is 2. The average molecular weight is 384 g/mol. The third-order valence-electron chi connectivity index (χ3n) is 4.41. The number of fused-ring (bicyclic) bond motifs is 1. The molecule has 1 aromatic heterocycles. The van der Waals surface area contributed by atoms with Crippen molar-refractivity contribution in [2.75, 3.05) is 0 Å². The molecule has 0 saturated heterocycles. The lowest BCUT2D eigenvalue weighted by Gasteiger charge is -2.13. The normalized spacial score (nSPS) is 12.2. The number of benzene rings is 3. The molecular formula is C23H20N4O2. The van der Waals surface area contributed by atoms with Crippen LogP contribution in [0.1, 0.15) is 12.5 Å². The van der Waals surface area contributed by atoms with Crippen LogP contribution in [0.3, 0.4) is 0 Å². The van der Waals surface area contributed by atoms with Gasteiger partial charge in [0.15, 0.2) is 6.10 Å². The molecule has 144 valence electrons. The Morgan fingerprint density at radius 1 is 1.07 bits per heavy atom. The molecule has 0 unspecified atom stereocenters. The number of carbonyl (C=O) groups is 1. The highest BCUT2D eigenvalue weighted by Crippen LogP contribution is 2.21. The Hall–Kier alpha value is -3.93. The number of carbonyl (C=O) groups excluding carboxylic acids is 1. The van der Waals surface area contributed by atoms with E-state index in [1.807, 2.05) is 79.0 Å². The number of para-hydroxylation sites is 1. The van der Waals surface area contributed by atoms with Gasteiger partial charge in [0.25, 0.3) is 5.91 Å². The molecule has 6 nitrogen and oxygen atoms in total. The van der Waals surface area contributed by atoms with Gasteiger partial charge in [0.2, 0.25) is 0 Å². The Bertz CT molecular complexity index is 1150. The van der Waals surface area contributed by atoms with Gasteiger partial charge >= 0.3 is 0 Å². The molecule has 6 heteroatoms. The lowest BCUT2D eigenvalue weighted by Crippen LogP contribution is -2.33. The number of nitrogens with zero attached hydrogens (tertiary/aromatic N) is 3. The van der Waals surface area contributed by atoms with Gasteiger partial charge in [-0.05, 0) is 42.0 Å². The van der Waals surface area contributed by atoms with E-state index in [1.165, 1.54) is 0 Å². The quantitative estimate of drug-likeness (QED) is 0.404. The van der Waals surface area contributed by atoms with E-state index in [-0.39, 0.29) is 5.91 Å². The number of nitrogens with one attached hydrogen (secondary N) is 1. The number of ether oxygens (including phenoxy) is 1. The molecule has 1 heterocycles. The standard InChI is InChI=1S/C23H20N4O2/c1-17(29-22-12-11-19-7-5-6-8-20(19)13-22)23(28)26-24-14-18-15-25-27(16-18)21-9-3-2-4-10-21/h2-17H,1H3,(H,26,28)/b24-14-/t17-/m1/s1. The molecule has 1 amide bonds. The van der Waals surface area contributed by atoms with E-state index in [2.05, 4.69) is 15.6 Å². The second-order valence-corrected chi connectivity index (χ2v) is 6.56. The van der Waals surface area contributed by atoms with Crippen molar-refractivity contribution < 1.29 is 9.53 Å². The SMILES string of the molecule is C[C@@H](Oc1ccc2ccccc2c1)C(=O)N/N=C\c1cnn(-c2ccccc2)c1. The number of hydrogen-bond donors (Lipinski definition) is 1. The molecule has 0 aliphatic rings. The molecule has 0 spiro atoms. The van der Waals surface area contributed by atoms with Gasteiger partial charge in [-0.2, -0.15) is 10.2 Å². The Morgan fingerprint density at radius 3 is 2.66 bits per heavy atom. The lowest BCUT2D eigenvalue weighted by atomic mass is 10.1. The van der Waals surface area contributed by atoms with E-state index >= 15 is 0 Å². The van der Waals surface area contributed by atoms with Gasteiger partial charge in [0, 0.05) is 11.8 Å². The van der Waals surface area contributed by atoms with Gasteiger partial charge in [-0.25, -0.2) is 10.1 Å². The van der Waals surface area contributed by atoms with Gasteiger partial charge in [0.1, 0.15) is 5.75 Å². The monoisotopic (exact) mass is 384 g/mol. The zero-order chi connectivity index (χ0) is 20.1. The average Bonchev–Trinajstić information content (AvgIpc) is 3.23. The molecule has 0 aliphatic carbocycles. The summed E-state index contributed by atoms with van der Waals surface area (Å²) in [6, 6.07) is 23.5. The topological polar surface area (TPSA) is 68.5 Å². The predicted octanol–water partition coefficient (Wildman–Crippen LogP) is 3.94.